The maximum Gasteiger partial charge on any atom is 0.245 e. The highest BCUT2D eigenvalue weighted by molar-refractivity contribution is 5.92. The zero-order valence-electron chi connectivity index (χ0n) is 18.1. The van der Waals surface area contributed by atoms with Gasteiger partial charge in [0.25, 0.3) is 0 Å². The molecule has 152 valence electrons. The van der Waals surface area contributed by atoms with Crippen LogP contribution in [0.4, 0.5) is 0 Å². The van der Waals surface area contributed by atoms with Crippen LogP contribution in [-0.2, 0) is 15.6 Å². The highest BCUT2D eigenvalue weighted by Gasteiger charge is 2.26. The Labute approximate surface area is 173 Å². The average Bonchev–Trinajstić information content (AvgIpc) is 2.64. The molecular formula is C25H30N2O2. The normalized spacial score (nSPS) is 13.1. The molecule has 2 aromatic rings. The number of nitrogens with zero attached hydrogens (tertiary/aromatic N) is 1. The highest BCUT2D eigenvalue weighted by atomic mass is 16.3. The van der Waals surface area contributed by atoms with Crippen LogP contribution in [0.25, 0.3) is 6.08 Å². The van der Waals surface area contributed by atoms with Crippen LogP contribution in [0.15, 0.2) is 48.5 Å². The lowest BCUT2D eigenvalue weighted by Gasteiger charge is -2.27. The van der Waals surface area contributed by atoms with Gasteiger partial charge in [-0.15, -0.1) is 0 Å². The predicted molar refractivity (Wildman–Crippen MR) is 117 cm³/mol. The number of carbonyl (C=O) groups is 1. The summed E-state index contributed by atoms with van der Waals surface area (Å²) >= 11 is 0. The number of rotatable bonds is 4. The van der Waals surface area contributed by atoms with E-state index in [1.54, 1.807) is 6.08 Å². The first-order valence-electron chi connectivity index (χ1n) is 9.74. The van der Waals surface area contributed by atoms with Gasteiger partial charge in [-0.05, 0) is 40.2 Å². The summed E-state index contributed by atoms with van der Waals surface area (Å²) in [4.78, 5) is 12.4. The minimum absolute atomic E-state index is 0.241. The third-order valence-electron chi connectivity index (χ3n) is 4.72. The number of hydrogen-bond acceptors (Lipinski definition) is 3. The molecule has 0 fully saturated rings. The molecular weight excluding hydrogens is 360 g/mol. The molecule has 0 radical (unpaired) electrons. The molecule has 0 heterocycles. The van der Waals surface area contributed by atoms with E-state index in [2.05, 4.69) is 11.4 Å². The summed E-state index contributed by atoms with van der Waals surface area (Å²) in [5, 5.41) is 22.9. The number of benzene rings is 2. The fraction of sp³-hybridized carbons (Fsp3) is 0.360. The van der Waals surface area contributed by atoms with E-state index in [-0.39, 0.29) is 16.7 Å². The molecule has 1 unspecified atom stereocenters. The molecule has 29 heavy (non-hydrogen) atoms. The first-order valence-corrected chi connectivity index (χ1v) is 9.74. The summed E-state index contributed by atoms with van der Waals surface area (Å²) in [6.07, 6.45) is 3.15. The number of aromatic hydroxyl groups is 1. The molecule has 2 rings (SSSR count). The van der Waals surface area contributed by atoms with Crippen molar-refractivity contribution in [2.75, 3.05) is 0 Å². The van der Waals surface area contributed by atoms with Crippen LogP contribution in [0.5, 0.6) is 5.75 Å². The van der Waals surface area contributed by atoms with Gasteiger partial charge in [0, 0.05) is 17.2 Å². The van der Waals surface area contributed by atoms with Crippen molar-refractivity contribution in [2.24, 2.45) is 0 Å². The Morgan fingerprint density at radius 3 is 2.00 bits per heavy atom. The Bertz CT molecular complexity index is 905. The molecule has 0 aliphatic rings. The van der Waals surface area contributed by atoms with E-state index in [9.17, 15) is 15.2 Å². The molecule has 2 N–H and O–H groups in total. The molecule has 1 amide bonds. The Kier molecular flexibility index (Phi) is 6.54. The van der Waals surface area contributed by atoms with Crippen LogP contribution in [0, 0.1) is 11.3 Å². The number of amides is 1. The van der Waals surface area contributed by atoms with Crippen molar-refractivity contribution in [3.05, 3.63) is 70.8 Å². The summed E-state index contributed by atoms with van der Waals surface area (Å²) in [5.41, 5.74) is 2.77. The molecule has 0 saturated carbocycles. The van der Waals surface area contributed by atoms with Gasteiger partial charge in [-0.1, -0.05) is 71.9 Å². The van der Waals surface area contributed by atoms with E-state index >= 15 is 0 Å². The Balaban J connectivity index is 2.32. The van der Waals surface area contributed by atoms with Gasteiger partial charge < -0.3 is 10.4 Å². The van der Waals surface area contributed by atoms with Crippen molar-refractivity contribution in [3.8, 4) is 11.8 Å². The maximum atomic E-state index is 12.4. The number of phenols is 1. The topological polar surface area (TPSA) is 73.1 Å². The number of phenolic OH excluding ortho intramolecular Hbond substituents is 1. The van der Waals surface area contributed by atoms with Gasteiger partial charge >= 0.3 is 0 Å². The first kappa shape index (κ1) is 22.2. The second kappa shape index (κ2) is 8.53. The van der Waals surface area contributed by atoms with E-state index in [0.29, 0.717) is 5.75 Å². The number of carbonyl (C=O) groups excluding carboxylic acids is 1. The molecule has 0 aromatic heterocycles. The van der Waals surface area contributed by atoms with Crippen LogP contribution < -0.4 is 5.32 Å². The molecule has 0 bridgehead atoms. The van der Waals surface area contributed by atoms with E-state index in [4.69, 9.17) is 0 Å². The van der Waals surface area contributed by atoms with E-state index in [0.717, 1.165) is 22.3 Å². The molecule has 0 aliphatic carbocycles. The first-order chi connectivity index (χ1) is 13.4. The summed E-state index contributed by atoms with van der Waals surface area (Å²) in [6, 6.07) is 14.4. The SMILES string of the molecule is CC(C)(C)c1cc(/C=C/C(=O)NC(C#N)c2ccccc2)cc(C(C)(C)C)c1O. The summed E-state index contributed by atoms with van der Waals surface area (Å²) < 4.78 is 0. The maximum absolute atomic E-state index is 12.4. The predicted octanol–water partition coefficient (Wildman–Crippen LogP) is 5.38. The quantitative estimate of drug-likeness (QED) is 0.688. The average molecular weight is 391 g/mol. The van der Waals surface area contributed by atoms with Gasteiger partial charge in [-0.25, -0.2) is 0 Å². The third kappa shape index (κ3) is 5.71. The largest absolute Gasteiger partial charge is 0.507 e. The van der Waals surface area contributed by atoms with Gasteiger partial charge in [0.2, 0.25) is 5.91 Å². The summed E-state index contributed by atoms with van der Waals surface area (Å²) in [7, 11) is 0. The minimum Gasteiger partial charge on any atom is -0.507 e. The van der Waals surface area contributed by atoms with E-state index in [1.165, 1.54) is 6.08 Å². The van der Waals surface area contributed by atoms with E-state index in [1.807, 2.05) is 84.0 Å². The zero-order chi connectivity index (χ0) is 21.8. The van der Waals surface area contributed by atoms with Crippen LogP contribution in [0.3, 0.4) is 0 Å². The Hall–Kier alpha value is -3.06. The van der Waals surface area contributed by atoms with Gasteiger partial charge in [-0.3, -0.25) is 4.79 Å². The minimum atomic E-state index is -0.705. The van der Waals surface area contributed by atoms with Crippen molar-refractivity contribution >= 4 is 12.0 Å². The van der Waals surface area contributed by atoms with Crippen molar-refractivity contribution in [1.29, 1.82) is 5.26 Å². The fourth-order valence-electron chi connectivity index (χ4n) is 3.09. The zero-order valence-corrected chi connectivity index (χ0v) is 18.1. The van der Waals surface area contributed by atoms with Crippen LogP contribution in [0.2, 0.25) is 0 Å². The monoisotopic (exact) mass is 390 g/mol. The summed E-state index contributed by atoms with van der Waals surface area (Å²) in [6.45, 7) is 12.3. The molecule has 1 atom stereocenters. The number of nitrogens with one attached hydrogen (secondary N) is 1. The van der Waals surface area contributed by atoms with Crippen LogP contribution in [0.1, 0.15) is 69.8 Å². The van der Waals surface area contributed by atoms with E-state index < -0.39 is 6.04 Å². The van der Waals surface area contributed by atoms with Crippen molar-refractivity contribution in [1.82, 2.24) is 5.32 Å². The Morgan fingerprint density at radius 2 is 1.55 bits per heavy atom. The lowest BCUT2D eigenvalue weighted by molar-refractivity contribution is -0.116. The molecule has 0 saturated heterocycles. The smallest absolute Gasteiger partial charge is 0.245 e. The van der Waals surface area contributed by atoms with Crippen LogP contribution in [-0.4, -0.2) is 11.0 Å². The Morgan fingerprint density at radius 1 is 1.03 bits per heavy atom. The number of hydrogen-bond donors (Lipinski definition) is 2. The number of nitriles is 1. The van der Waals surface area contributed by atoms with Crippen LogP contribution >= 0.6 is 0 Å². The second-order valence-electron chi connectivity index (χ2n) is 9.28. The van der Waals surface area contributed by atoms with Gasteiger partial charge in [-0.2, -0.15) is 5.26 Å². The highest BCUT2D eigenvalue weighted by Crippen LogP contribution is 2.40. The molecule has 0 aliphatic heterocycles. The lowest BCUT2D eigenvalue weighted by atomic mass is 9.78. The third-order valence-corrected chi connectivity index (χ3v) is 4.72. The fourth-order valence-corrected chi connectivity index (χ4v) is 3.09. The molecule has 4 nitrogen and oxygen atoms in total. The molecule has 2 aromatic carbocycles. The molecule has 0 spiro atoms. The lowest BCUT2D eigenvalue weighted by Crippen LogP contribution is -2.25. The van der Waals surface area contributed by atoms with Crippen molar-refractivity contribution in [3.63, 3.8) is 0 Å². The summed E-state index contributed by atoms with van der Waals surface area (Å²) in [5.74, 6) is -0.0386. The standard InChI is InChI=1S/C25H30N2O2/c1-24(2,3)19-14-17(15-20(23(19)29)25(4,5)6)12-13-22(28)27-21(16-26)18-10-8-7-9-11-18/h7-15,21,29H,1-6H3,(H,27,28)/b13-12+. The van der Waals surface area contributed by atoms with Gasteiger partial charge in [0.05, 0.1) is 6.07 Å². The van der Waals surface area contributed by atoms with Gasteiger partial charge in [0.1, 0.15) is 11.8 Å². The second-order valence-corrected chi connectivity index (χ2v) is 9.28. The van der Waals surface area contributed by atoms with Crippen molar-refractivity contribution in [2.45, 2.75) is 58.4 Å². The van der Waals surface area contributed by atoms with Gasteiger partial charge in [0.15, 0.2) is 0 Å². The molecule has 4 heteroatoms. The van der Waals surface area contributed by atoms with Crippen molar-refractivity contribution < 1.29 is 9.90 Å².